The molecule has 1 heterocycles. The summed E-state index contributed by atoms with van der Waals surface area (Å²) in [6.45, 7) is 3.70. The summed E-state index contributed by atoms with van der Waals surface area (Å²) in [4.78, 5) is 11.6. The number of para-hydroxylation sites is 1. The van der Waals surface area contributed by atoms with Crippen molar-refractivity contribution in [2.75, 3.05) is 7.11 Å². The lowest BCUT2D eigenvalue weighted by molar-refractivity contribution is 0.0551. The van der Waals surface area contributed by atoms with Crippen LogP contribution in [-0.2, 0) is 11.3 Å². The maximum absolute atomic E-state index is 11.6. The minimum Gasteiger partial charge on any atom is -0.464 e. The molecule has 2 aromatic rings. The minimum absolute atomic E-state index is 0.275. The Morgan fingerprint density at radius 2 is 2.11 bits per heavy atom. The molecular weight excluding hydrogens is 232 g/mol. The van der Waals surface area contributed by atoms with Crippen LogP contribution in [0.25, 0.3) is 10.9 Å². The molecule has 0 spiro atoms. The van der Waals surface area contributed by atoms with Gasteiger partial charge in [0.25, 0.3) is 0 Å². The van der Waals surface area contributed by atoms with Gasteiger partial charge in [0.1, 0.15) is 0 Å². The third-order valence-electron chi connectivity index (χ3n) is 2.57. The highest BCUT2D eigenvalue weighted by molar-refractivity contribution is 6.02. The van der Waals surface area contributed by atoms with Crippen molar-refractivity contribution in [2.24, 2.45) is 0 Å². The second kappa shape index (κ2) is 4.42. The predicted octanol–water partition coefficient (Wildman–Crippen LogP) is 1.59. The number of benzene rings is 1. The Labute approximate surface area is 105 Å². The average Bonchev–Trinajstić information content (AvgIpc) is 2.65. The van der Waals surface area contributed by atoms with Gasteiger partial charge in [-0.15, -0.1) is 0 Å². The molecule has 0 saturated heterocycles. The fourth-order valence-corrected chi connectivity index (χ4v) is 1.86. The lowest BCUT2D eigenvalue weighted by Gasteiger charge is -2.17. The highest BCUT2D eigenvalue weighted by atomic mass is 16.5. The number of aromatic nitrogens is 2. The number of nitrogens with zero attached hydrogens (tertiary/aromatic N) is 2. The molecular formula is C13H16N2O3. The molecule has 96 valence electrons. The number of esters is 1. The van der Waals surface area contributed by atoms with E-state index in [0.717, 1.165) is 10.9 Å². The zero-order valence-electron chi connectivity index (χ0n) is 10.7. The maximum Gasteiger partial charge on any atom is 0.359 e. The monoisotopic (exact) mass is 248 g/mol. The first kappa shape index (κ1) is 12.6. The average molecular weight is 248 g/mol. The molecule has 0 fully saturated rings. The lowest BCUT2D eigenvalue weighted by atomic mass is 10.1. The summed E-state index contributed by atoms with van der Waals surface area (Å²) in [7, 11) is 1.33. The number of hydrogen-bond donors (Lipinski definition) is 1. The van der Waals surface area contributed by atoms with Crippen LogP contribution in [0.4, 0.5) is 0 Å². The van der Waals surface area contributed by atoms with E-state index >= 15 is 0 Å². The Bertz CT molecular complexity index is 581. The van der Waals surface area contributed by atoms with Crippen molar-refractivity contribution < 1.29 is 14.6 Å². The summed E-state index contributed by atoms with van der Waals surface area (Å²) in [5, 5.41) is 14.8. The van der Waals surface area contributed by atoms with Crippen molar-refractivity contribution in [3.63, 3.8) is 0 Å². The molecule has 0 radical (unpaired) electrons. The van der Waals surface area contributed by atoms with Gasteiger partial charge in [0.2, 0.25) is 0 Å². The number of fused-ring (bicyclic) bond motifs is 1. The summed E-state index contributed by atoms with van der Waals surface area (Å²) >= 11 is 0. The Morgan fingerprint density at radius 3 is 2.72 bits per heavy atom. The van der Waals surface area contributed by atoms with Crippen LogP contribution in [0.3, 0.4) is 0 Å². The van der Waals surface area contributed by atoms with Crippen LogP contribution >= 0.6 is 0 Å². The van der Waals surface area contributed by atoms with Crippen molar-refractivity contribution in [3.8, 4) is 0 Å². The van der Waals surface area contributed by atoms with E-state index in [-0.39, 0.29) is 5.69 Å². The summed E-state index contributed by atoms with van der Waals surface area (Å²) in [5.41, 5.74) is 0.180. The second-order valence-electron chi connectivity index (χ2n) is 4.83. The zero-order chi connectivity index (χ0) is 13.3. The van der Waals surface area contributed by atoms with Crippen LogP contribution < -0.4 is 0 Å². The van der Waals surface area contributed by atoms with E-state index in [9.17, 15) is 9.90 Å². The molecule has 1 N–H and O–H groups in total. The van der Waals surface area contributed by atoms with E-state index in [0.29, 0.717) is 6.54 Å². The normalized spacial score (nSPS) is 11.8. The minimum atomic E-state index is -0.901. The van der Waals surface area contributed by atoms with Crippen molar-refractivity contribution in [3.05, 3.63) is 30.0 Å². The van der Waals surface area contributed by atoms with E-state index < -0.39 is 11.6 Å². The van der Waals surface area contributed by atoms with E-state index in [1.54, 1.807) is 18.5 Å². The van der Waals surface area contributed by atoms with Gasteiger partial charge in [-0.25, -0.2) is 4.79 Å². The number of methoxy groups -OCH3 is 1. The lowest BCUT2D eigenvalue weighted by Crippen LogP contribution is -2.26. The molecule has 1 aromatic heterocycles. The molecule has 0 aliphatic heterocycles. The van der Waals surface area contributed by atoms with Crippen molar-refractivity contribution >= 4 is 16.9 Å². The van der Waals surface area contributed by atoms with Crippen LogP contribution in [0, 0.1) is 0 Å². The summed E-state index contributed by atoms with van der Waals surface area (Å²) in [6, 6.07) is 7.38. The second-order valence-corrected chi connectivity index (χ2v) is 4.83. The molecule has 5 nitrogen and oxygen atoms in total. The van der Waals surface area contributed by atoms with Gasteiger partial charge >= 0.3 is 5.97 Å². The first-order valence-corrected chi connectivity index (χ1v) is 5.68. The molecule has 0 atom stereocenters. The largest absolute Gasteiger partial charge is 0.464 e. The smallest absolute Gasteiger partial charge is 0.359 e. The fraction of sp³-hybridized carbons (Fsp3) is 0.385. The number of carbonyl (C=O) groups excluding carboxylic acids is 1. The highest BCUT2D eigenvalue weighted by Crippen LogP contribution is 2.20. The molecule has 0 bridgehead atoms. The van der Waals surface area contributed by atoms with Crippen LogP contribution in [0.5, 0.6) is 0 Å². The van der Waals surface area contributed by atoms with Crippen LogP contribution in [0.15, 0.2) is 24.3 Å². The molecule has 5 heteroatoms. The fourth-order valence-electron chi connectivity index (χ4n) is 1.86. The molecule has 2 rings (SSSR count). The molecule has 0 amide bonds. The van der Waals surface area contributed by atoms with Gasteiger partial charge in [0, 0.05) is 5.39 Å². The topological polar surface area (TPSA) is 64.3 Å². The van der Waals surface area contributed by atoms with Gasteiger partial charge in [-0.05, 0) is 19.9 Å². The molecule has 0 saturated carbocycles. The number of aliphatic hydroxyl groups is 1. The number of hydrogen-bond acceptors (Lipinski definition) is 4. The molecule has 0 unspecified atom stereocenters. The van der Waals surface area contributed by atoms with Gasteiger partial charge in [0.15, 0.2) is 5.69 Å². The first-order chi connectivity index (χ1) is 8.42. The number of ether oxygens (including phenoxy) is 1. The van der Waals surface area contributed by atoms with Crippen molar-refractivity contribution in [2.45, 2.75) is 26.0 Å². The van der Waals surface area contributed by atoms with Gasteiger partial charge in [-0.3, -0.25) is 4.68 Å². The Morgan fingerprint density at radius 1 is 1.44 bits per heavy atom. The first-order valence-electron chi connectivity index (χ1n) is 5.68. The van der Waals surface area contributed by atoms with Gasteiger partial charge in [-0.1, -0.05) is 18.2 Å². The van der Waals surface area contributed by atoms with Gasteiger partial charge in [0.05, 0.1) is 24.8 Å². The van der Waals surface area contributed by atoms with Crippen LogP contribution in [0.1, 0.15) is 24.3 Å². The number of rotatable bonds is 3. The maximum atomic E-state index is 11.6. The van der Waals surface area contributed by atoms with Crippen molar-refractivity contribution in [1.29, 1.82) is 0 Å². The Balaban J connectivity index is 2.58. The Kier molecular flexibility index (Phi) is 3.09. The predicted molar refractivity (Wildman–Crippen MR) is 67.4 cm³/mol. The van der Waals surface area contributed by atoms with Gasteiger partial charge < -0.3 is 9.84 Å². The summed E-state index contributed by atoms with van der Waals surface area (Å²) < 4.78 is 6.34. The quantitative estimate of drug-likeness (QED) is 0.838. The third kappa shape index (κ3) is 2.36. The zero-order valence-corrected chi connectivity index (χ0v) is 10.7. The molecule has 0 aliphatic rings. The number of carbonyl (C=O) groups is 1. The molecule has 0 aliphatic carbocycles. The Hall–Kier alpha value is -1.88. The standard InChI is InChI=1S/C13H16N2O3/c1-13(2,17)8-15-10-7-5-4-6-9(10)11(14-15)12(16)18-3/h4-7,17H,8H2,1-3H3. The van der Waals surface area contributed by atoms with Crippen LogP contribution in [0.2, 0.25) is 0 Å². The van der Waals surface area contributed by atoms with E-state index in [1.807, 2.05) is 24.3 Å². The van der Waals surface area contributed by atoms with E-state index in [1.165, 1.54) is 7.11 Å². The molecule has 1 aromatic carbocycles. The van der Waals surface area contributed by atoms with Crippen LogP contribution in [-0.4, -0.2) is 33.6 Å². The summed E-state index contributed by atoms with van der Waals surface area (Å²) in [6.07, 6.45) is 0. The molecule has 18 heavy (non-hydrogen) atoms. The third-order valence-corrected chi connectivity index (χ3v) is 2.57. The SMILES string of the molecule is COC(=O)c1nn(CC(C)(C)O)c2ccccc12. The van der Waals surface area contributed by atoms with Gasteiger partial charge in [-0.2, -0.15) is 5.10 Å². The van der Waals surface area contributed by atoms with E-state index in [2.05, 4.69) is 5.10 Å². The highest BCUT2D eigenvalue weighted by Gasteiger charge is 2.21. The van der Waals surface area contributed by atoms with Crippen molar-refractivity contribution in [1.82, 2.24) is 9.78 Å². The summed E-state index contributed by atoms with van der Waals surface area (Å²) in [5.74, 6) is -0.472. The van der Waals surface area contributed by atoms with E-state index in [4.69, 9.17) is 4.74 Å².